The molecule has 5 fully saturated rings. The van der Waals surface area contributed by atoms with Gasteiger partial charge in [-0.2, -0.15) is 0 Å². The van der Waals surface area contributed by atoms with E-state index in [1.54, 1.807) is 6.26 Å². The summed E-state index contributed by atoms with van der Waals surface area (Å²) in [5, 5.41) is 0. The minimum atomic E-state index is -0.192. The van der Waals surface area contributed by atoms with Crippen molar-refractivity contribution in [1.29, 1.82) is 0 Å². The molecule has 0 radical (unpaired) electrons. The molecule has 1 heterocycles. The third-order valence-electron chi connectivity index (χ3n) is 8.54. The van der Waals surface area contributed by atoms with Crippen molar-refractivity contribution in [2.45, 2.75) is 70.5 Å². The van der Waals surface area contributed by atoms with Crippen LogP contribution in [0, 0.1) is 23.2 Å². The highest BCUT2D eigenvalue weighted by atomic mass is 16.3. The Labute approximate surface area is 196 Å². The molecule has 0 aliphatic heterocycles. The highest BCUT2D eigenvalue weighted by Gasteiger charge is 2.56. The van der Waals surface area contributed by atoms with E-state index in [1.165, 1.54) is 19.3 Å². The number of hydrogen-bond acceptors (Lipinski definition) is 3. The Morgan fingerprint density at radius 3 is 2.12 bits per heavy atom. The normalized spacial score (nSPS) is 29.8. The van der Waals surface area contributed by atoms with Crippen LogP contribution in [-0.4, -0.2) is 34.2 Å². The fraction of sp³-hybridized carbons (Fsp3) is 0.571. The molecule has 7 rings (SSSR count). The molecular formula is C28H34N2O3. The van der Waals surface area contributed by atoms with Crippen LogP contribution in [0.15, 0.2) is 53.1 Å². The quantitative estimate of drug-likeness (QED) is 0.572. The van der Waals surface area contributed by atoms with E-state index < -0.39 is 0 Å². The second kappa shape index (κ2) is 8.34. The van der Waals surface area contributed by atoms with Gasteiger partial charge in [0.25, 0.3) is 0 Å². The Hall–Kier alpha value is -2.56. The summed E-state index contributed by atoms with van der Waals surface area (Å²) in [5.74, 6) is 3.25. The first-order valence-electron chi connectivity index (χ1n) is 12.7. The molecule has 5 heteroatoms. The maximum absolute atomic E-state index is 14.0. The zero-order chi connectivity index (χ0) is 22.4. The predicted octanol–water partition coefficient (Wildman–Crippen LogP) is 5.02. The molecule has 1 aromatic carbocycles. The van der Waals surface area contributed by atoms with Gasteiger partial charge in [0, 0.05) is 12.6 Å². The molecule has 5 aliphatic carbocycles. The predicted molar refractivity (Wildman–Crippen MR) is 125 cm³/mol. The summed E-state index contributed by atoms with van der Waals surface area (Å²) in [6.07, 6.45) is 10.8. The van der Waals surface area contributed by atoms with Crippen molar-refractivity contribution in [3.63, 3.8) is 0 Å². The van der Waals surface area contributed by atoms with E-state index in [0.717, 1.165) is 61.2 Å². The van der Waals surface area contributed by atoms with Crippen molar-refractivity contribution in [3.05, 3.63) is 60.1 Å². The number of nitrogens with zero attached hydrogens (tertiary/aromatic N) is 2. The van der Waals surface area contributed by atoms with Gasteiger partial charge in [0.2, 0.25) is 11.8 Å². The Morgan fingerprint density at radius 1 is 0.879 bits per heavy atom. The first-order chi connectivity index (χ1) is 16.1. The molecule has 5 nitrogen and oxygen atoms in total. The van der Waals surface area contributed by atoms with E-state index in [2.05, 4.69) is 0 Å². The van der Waals surface area contributed by atoms with Gasteiger partial charge in [-0.05, 0) is 86.8 Å². The summed E-state index contributed by atoms with van der Waals surface area (Å²) < 4.78 is 5.55. The summed E-state index contributed by atoms with van der Waals surface area (Å²) in [4.78, 5) is 31.5. The zero-order valence-corrected chi connectivity index (χ0v) is 19.3. The van der Waals surface area contributed by atoms with Crippen molar-refractivity contribution >= 4 is 11.8 Å². The van der Waals surface area contributed by atoms with Gasteiger partial charge in [-0.15, -0.1) is 0 Å². The fourth-order valence-corrected chi connectivity index (χ4v) is 7.30. The molecule has 0 atom stereocenters. The number of carbonyl (C=O) groups is 2. The van der Waals surface area contributed by atoms with Crippen molar-refractivity contribution in [2.75, 3.05) is 6.54 Å². The Kier molecular flexibility index (Phi) is 5.31. The monoisotopic (exact) mass is 446 g/mol. The number of amides is 2. The standard InChI is InChI=1S/C28H34N2O3/c31-26(29(18-25-7-4-10-33-25)17-20-5-2-1-3-6-20)19-30(24-8-9-24)27(32)28-14-21-11-22(15-28)13-23(12-21)16-28/h1-7,10,21-24H,8-9,11-19H2. The molecule has 0 spiro atoms. The summed E-state index contributed by atoms with van der Waals surface area (Å²) in [7, 11) is 0. The van der Waals surface area contributed by atoms with Gasteiger partial charge in [0.15, 0.2) is 0 Å². The van der Waals surface area contributed by atoms with Gasteiger partial charge in [0.05, 0.1) is 18.2 Å². The molecular weight excluding hydrogens is 412 g/mol. The average molecular weight is 447 g/mol. The van der Waals surface area contributed by atoms with Crippen LogP contribution in [0.25, 0.3) is 0 Å². The largest absolute Gasteiger partial charge is 0.467 e. The van der Waals surface area contributed by atoms with Gasteiger partial charge in [-0.3, -0.25) is 9.59 Å². The Balaban J connectivity index is 1.21. The lowest BCUT2D eigenvalue weighted by atomic mass is 9.49. The number of furan rings is 1. The Bertz CT molecular complexity index is 960. The number of carbonyl (C=O) groups excluding carboxylic acids is 2. The molecule has 2 aromatic rings. The molecule has 1 aromatic heterocycles. The number of benzene rings is 1. The number of rotatable bonds is 8. The third-order valence-corrected chi connectivity index (χ3v) is 8.54. The Morgan fingerprint density at radius 2 is 1.55 bits per heavy atom. The van der Waals surface area contributed by atoms with Crippen LogP contribution < -0.4 is 0 Å². The summed E-state index contributed by atoms with van der Waals surface area (Å²) in [6, 6.07) is 14.1. The van der Waals surface area contributed by atoms with Crippen LogP contribution >= 0.6 is 0 Å². The lowest BCUT2D eigenvalue weighted by Gasteiger charge is -2.56. The van der Waals surface area contributed by atoms with E-state index in [9.17, 15) is 9.59 Å². The molecule has 174 valence electrons. The van der Waals surface area contributed by atoms with Crippen LogP contribution in [0.2, 0.25) is 0 Å². The average Bonchev–Trinajstić information content (AvgIpc) is 3.52. The first-order valence-corrected chi connectivity index (χ1v) is 12.7. The van der Waals surface area contributed by atoms with Crippen LogP contribution in [-0.2, 0) is 22.7 Å². The molecule has 0 N–H and O–H groups in total. The summed E-state index contributed by atoms with van der Waals surface area (Å²) >= 11 is 0. The van der Waals surface area contributed by atoms with Crippen LogP contribution in [0.3, 0.4) is 0 Å². The smallest absolute Gasteiger partial charge is 0.242 e. The molecule has 0 unspecified atom stereocenters. The lowest BCUT2D eigenvalue weighted by molar-refractivity contribution is -0.161. The fourth-order valence-electron chi connectivity index (χ4n) is 7.30. The topological polar surface area (TPSA) is 53.8 Å². The maximum Gasteiger partial charge on any atom is 0.242 e. The van der Waals surface area contributed by atoms with Crippen molar-refractivity contribution in [3.8, 4) is 0 Å². The van der Waals surface area contributed by atoms with Gasteiger partial charge < -0.3 is 14.2 Å². The second-order valence-electron chi connectivity index (χ2n) is 11.2. The zero-order valence-electron chi connectivity index (χ0n) is 19.3. The van der Waals surface area contributed by atoms with E-state index in [0.29, 0.717) is 13.1 Å². The maximum atomic E-state index is 14.0. The molecule has 5 aliphatic rings. The van der Waals surface area contributed by atoms with Crippen molar-refractivity contribution < 1.29 is 14.0 Å². The summed E-state index contributed by atoms with van der Waals surface area (Å²) in [5.41, 5.74) is 0.894. The van der Waals surface area contributed by atoms with E-state index in [1.807, 2.05) is 52.3 Å². The third kappa shape index (κ3) is 4.22. The van der Waals surface area contributed by atoms with E-state index in [4.69, 9.17) is 4.42 Å². The summed E-state index contributed by atoms with van der Waals surface area (Å²) in [6.45, 7) is 1.13. The van der Waals surface area contributed by atoms with Crippen LogP contribution in [0.4, 0.5) is 0 Å². The van der Waals surface area contributed by atoms with Gasteiger partial charge in [-0.25, -0.2) is 0 Å². The van der Waals surface area contributed by atoms with Gasteiger partial charge in [0.1, 0.15) is 12.3 Å². The highest BCUT2D eigenvalue weighted by Crippen LogP contribution is 2.61. The second-order valence-corrected chi connectivity index (χ2v) is 11.2. The van der Waals surface area contributed by atoms with Gasteiger partial charge in [-0.1, -0.05) is 30.3 Å². The van der Waals surface area contributed by atoms with E-state index >= 15 is 0 Å². The molecule has 0 saturated heterocycles. The van der Waals surface area contributed by atoms with Gasteiger partial charge >= 0.3 is 0 Å². The SMILES string of the molecule is O=C(CN(C(=O)C12CC3CC(CC(C3)C1)C2)C1CC1)N(Cc1ccccc1)Cc1ccco1. The lowest BCUT2D eigenvalue weighted by Crippen LogP contribution is -2.56. The van der Waals surface area contributed by atoms with Crippen molar-refractivity contribution in [1.82, 2.24) is 9.80 Å². The first kappa shape index (κ1) is 21.0. The highest BCUT2D eigenvalue weighted by molar-refractivity contribution is 5.89. The molecule has 4 bridgehead atoms. The minimum Gasteiger partial charge on any atom is -0.467 e. The van der Waals surface area contributed by atoms with Crippen LogP contribution in [0.1, 0.15) is 62.7 Å². The minimum absolute atomic E-state index is 0.0141. The molecule has 33 heavy (non-hydrogen) atoms. The number of hydrogen-bond donors (Lipinski definition) is 0. The molecule has 2 amide bonds. The van der Waals surface area contributed by atoms with Crippen molar-refractivity contribution in [2.24, 2.45) is 23.2 Å². The van der Waals surface area contributed by atoms with E-state index in [-0.39, 0.29) is 29.8 Å². The van der Waals surface area contributed by atoms with Crippen LogP contribution in [0.5, 0.6) is 0 Å². The molecule has 5 saturated carbocycles.